The lowest BCUT2D eigenvalue weighted by Crippen LogP contribution is -2.26. The number of rotatable bonds is 5. The number of aliphatic carboxylic acids is 1. The van der Waals surface area contributed by atoms with Gasteiger partial charge in [-0.2, -0.15) is 0 Å². The van der Waals surface area contributed by atoms with Crippen molar-refractivity contribution in [3.63, 3.8) is 0 Å². The molecule has 16 heavy (non-hydrogen) atoms. The van der Waals surface area contributed by atoms with Gasteiger partial charge in [-0.3, -0.25) is 4.79 Å². The van der Waals surface area contributed by atoms with Gasteiger partial charge in [0.2, 0.25) is 0 Å². The number of carboxylic acids is 1. The van der Waals surface area contributed by atoms with Crippen molar-refractivity contribution in [3.05, 3.63) is 29.8 Å². The van der Waals surface area contributed by atoms with Gasteiger partial charge in [-0.15, -0.1) is 11.8 Å². The highest BCUT2D eigenvalue weighted by Gasteiger charge is 2.26. The van der Waals surface area contributed by atoms with E-state index in [1.165, 1.54) is 0 Å². The molecule has 0 amide bonds. The SMILES string of the molecule is CC(C)(CSc1ccc(CN)cc1)C(=O)O. The number of benzene rings is 1. The van der Waals surface area contributed by atoms with Crippen LogP contribution in [0.25, 0.3) is 0 Å². The molecule has 0 fully saturated rings. The molecule has 0 atom stereocenters. The highest BCUT2D eigenvalue weighted by Crippen LogP contribution is 2.27. The van der Waals surface area contributed by atoms with Gasteiger partial charge in [0.1, 0.15) is 0 Å². The van der Waals surface area contributed by atoms with Crippen molar-refractivity contribution < 1.29 is 9.90 Å². The normalized spacial score (nSPS) is 11.4. The Kier molecular flexibility index (Phi) is 4.38. The van der Waals surface area contributed by atoms with E-state index in [9.17, 15) is 4.79 Å². The van der Waals surface area contributed by atoms with Crippen molar-refractivity contribution in [2.24, 2.45) is 11.1 Å². The van der Waals surface area contributed by atoms with E-state index in [0.29, 0.717) is 12.3 Å². The number of hydrogen-bond acceptors (Lipinski definition) is 3. The van der Waals surface area contributed by atoms with Crippen molar-refractivity contribution in [3.8, 4) is 0 Å². The molecular formula is C12H17NO2S. The molecule has 0 spiro atoms. The second-order valence-corrected chi connectivity index (χ2v) is 5.37. The van der Waals surface area contributed by atoms with E-state index in [4.69, 9.17) is 10.8 Å². The van der Waals surface area contributed by atoms with Crippen LogP contribution in [-0.2, 0) is 11.3 Å². The van der Waals surface area contributed by atoms with Gasteiger partial charge in [-0.1, -0.05) is 12.1 Å². The summed E-state index contributed by atoms with van der Waals surface area (Å²) in [6.07, 6.45) is 0. The lowest BCUT2D eigenvalue weighted by molar-refractivity contribution is -0.145. The van der Waals surface area contributed by atoms with Gasteiger partial charge in [-0.25, -0.2) is 0 Å². The average molecular weight is 239 g/mol. The van der Waals surface area contributed by atoms with Gasteiger partial charge in [-0.05, 0) is 31.5 Å². The third-order valence-corrected chi connectivity index (χ3v) is 3.81. The zero-order valence-corrected chi connectivity index (χ0v) is 10.4. The van der Waals surface area contributed by atoms with Crippen LogP contribution in [0.15, 0.2) is 29.2 Å². The standard InChI is InChI=1S/C12H17NO2S/c1-12(2,11(14)15)8-16-10-5-3-9(7-13)4-6-10/h3-6H,7-8,13H2,1-2H3,(H,14,15). The van der Waals surface area contributed by atoms with Gasteiger partial charge in [0, 0.05) is 17.2 Å². The third-order valence-electron chi connectivity index (χ3n) is 2.34. The molecule has 0 unspecified atom stereocenters. The average Bonchev–Trinajstić information content (AvgIpc) is 2.27. The monoisotopic (exact) mass is 239 g/mol. The summed E-state index contributed by atoms with van der Waals surface area (Å²) in [4.78, 5) is 12.0. The van der Waals surface area contributed by atoms with Crippen molar-refractivity contribution in [1.82, 2.24) is 0 Å². The molecule has 1 aromatic rings. The largest absolute Gasteiger partial charge is 0.481 e. The molecule has 1 aromatic carbocycles. The first kappa shape index (κ1) is 13.1. The zero-order chi connectivity index (χ0) is 12.2. The molecule has 0 radical (unpaired) electrons. The molecule has 4 heteroatoms. The van der Waals surface area contributed by atoms with Crippen LogP contribution in [0.1, 0.15) is 19.4 Å². The van der Waals surface area contributed by atoms with Crippen LogP contribution in [0.4, 0.5) is 0 Å². The van der Waals surface area contributed by atoms with Crippen molar-refractivity contribution >= 4 is 17.7 Å². The van der Waals surface area contributed by atoms with Crippen LogP contribution in [-0.4, -0.2) is 16.8 Å². The van der Waals surface area contributed by atoms with Crippen LogP contribution in [0, 0.1) is 5.41 Å². The summed E-state index contributed by atoms with van der Waals surface area (Å²) in [5.41, 5.74) is 5.89. The van der Waals surface area contributed by atoms with Gasteiger partial charge < -0.3 is 10.8 Å². The number of nitrogens with two attached hydrogens (primary N) is 1. The molecule has 1 rings (SSSR count). The Morgan fingerprint density at radius 2 is 1.94 bits per heavy atom. The van der Waals surface area contributed by atoms with Gasteiger partial charge in [0.25, 0.3) is 0 Å². The quantitative estimate of drug-likeness (QED) is 0.774. The van der Waals surface area contributed by atoms with E-state index >= 15 is 0 Å². The second kappa shape index (κ2) is 5.37. The Labute approximate surface area is 100 Å². The summed E-state index contributed by atoms with van der Waals surface area (Å²) in [5, 5.41) is 8.97. The van der Waals surface area contributed by atoms with Crippen molar-refractivity contribution in [2.45, 2.75) is 25.3 Å². The smallest absolute Gasteiger partial charge is 0.309 e. The first-order valence-electron chi connectivity index (χ1n) is 5.11. The number of thioether (sulfide) groups is 1. The van der Waals surface area contributed by atoms with Crippen LogP contribution in [0.3, 0.4) is 0 Å². The van der Waals surface area contributed by atoms with E-state index < -0.39 is 11.4 Å². The molecule has 0 bridgehead atoms. The highest BCUT2D eigenvalue weighted by atomic mass is 32.2. The first-order chi connectivity index (χ1) is 7.45. The minimum atomic E-state index is -0.765. The summed E-state index contributed by atoms with van der Waals surface area (Å²) in [5.74, 6) is -0.205. The summed E-state index contributed by atoms with van der Waals surface area (Å²) >= 11 is 1.55. The Hall–Kier alpha value is -1.00. The fourth-order valence-corrected chi connectivity index (χ4v) is 2.03. The molecule has 0 aliphatic heterocycles. The van der Waals surface area contributed by atoms with Crippen molar-refractivity contribution in [1.29, 1.82) is 0 Å². The first-order valence-corrected chi connectivity index (χ1v) is 6.09. The Balaban J connectivity index is 2.58. The lowest BCUT2D eigenvalue weighted by atomic mass is 9.97. The molecule has 0 saturated carbocycles. The highest BCUT2D eigenvalue weighted by molar-refractivity contribution is 7.99. The fourth-order valence-electron chi connectivity index (χ4n) is 1.05. The topological polar surface area (TPSA) is 63.3 Å². The van der Waals surface area contributed by atoms with Crippen molar-refractivity contribution in [2.75, 3.05) is 5.75 Å². The molecule has 0 saturated heterocycles. The molecular weight excluding hydrogens is 222 g/mol. The summed E-state index contributed by atoms with van der Waals surface area (Å²) in [6, 6.07) is 7.89. The van der Waals surface area contributed by atoms with E-state index in [0.717, 1.165) is 10.5 Å². The summed E-state index contributed by atoms with van der Waals surface area (Å²) in [6.45, 7) is 4.00. The van der Waals surface area contributed by atoms with E-state index in [-0.39, 0.29) is 0 Å². The maximum Gasteiger partial charge on any atom is 0.309 e. The third kappa shape index (κ3) is 3.54. The van der Waals surface area contributed by atoms with Crippen LogP contribution in [0.2, 0.25) is 0 Å². The van der Waals surface area contributed by atoms with Crippen LogP contribution >= 0.6 is 11.8 Å². The zero-order valence-electron chi connectivity index (χ0n) is 9.56. The molecule has 0 aliphatic carbocycles. The van der Waals surface area contributed by atoms with E-state index in [2.05, 4.69) is 0 Å². The molecule has 3 nitrogen and oxygen atoms in total. The number of carbonyl (C=O) groups is 1. The molecule has 88 valence electrons. The minimum Gasteiger partial charge on any atom is -0.481 e. The number of hydrogen-bond donors (Lipinski definition) is 2. The Morgan fingerprint density at radius 3 is 2.38 bits per heavy atom. The Bertz CT molecular complexity index is 360. The van der Waals surface area contributed by atoms with Gasteiger partial charge in [0.15, 0.2) is 0 Å². The molecule has 3 N–H and O–H groups in total. The predicted molar refractivity (Wildman–Crippen MR) is 66.5 cm³/mol. The molecule has 0 heterocycles. The maximum absolute atomic E-state index is 10.9. The lowest BCUT2D eigenvalue weighted by Gasteiger charge is -2.18. The maximum atomic E-state index is 10.9. The van der Waals surface area contributed by atoms with E-state index in [1.54, 1.807) is 25.6 Å². The van der Waals surface area contributed by atoms with Gasteiger partial charge in [0.05, 0.1) is 5.41 Å². The minimum absolute atomic E-state index is 0.533. The Morgan fingerprint density at radius 1 is 1.38 bits per heavy atom. The predicted octanol–water partition coefficient (Wildman–Crippen LogP) is 2.35. The molecule has 0 aromatic heterocycles. The molecule has 0 aliphatic rings. The second-order valence-electron chi connectivity index (χ2n) is 4.33. The summed E-state index contributed by atoms with van der Waals surface area (Å²) in [7, 11) is 0. The van der Waals surface area contributed by atoms with Gasteiger partial charge >= 0.3 is 5.97 Å². The van der Waals surface area contributed by atoms with Crippen LogP contribution < -0.4 is 5.73 Å². The number of carboxylic acid groups (broad SMARTS) is 1. The fraction of sp³-hybridized carbons (Fsp3) is 0.417. The van der Waals surface area contributed by atoms with E-state index in [1.807, 2.05) is 24.3 Å². The van der Waals surface area contributed by atoms with Crippen LogP contribution in [0.5, 0.6) is 0 Å². The summed E-state index contributed by atoms with van der Waals surface area (Å²) < 4.78 is 0.